The monoisotopic (exact) mass is 280 g/mol. The van der Waals surface area contributed by atoms with Gasteiger partial charge in [0.1, 0.15) is 11.9 Å². The number of carboxylic acids is 1. The van der Waals surface area contributed by atoms with Crippen molar-refractivity contribution in [2.24, 2.45) is 0 Å². The number of rotatable bonds is 4. The van der Waals surface area contributed by atoms with Crippen molar-refractivity contribution in [1.82, 2.24) is 10.2 Å². The summed E-state index contributed by atoms with van der Waals surface area (Å²) < 4.78 is 13.8. The molecule has 6 heteroatoms. The van der Waals surface area contributed by atoms with Gasteiger partial charge in [-0.15, -0.1) is 0 Å². The van der Waals surface area contributed by atoms with E-state index in [1.807, 2.05) is 0 Å². The van der Waals surface area contributed by atoms with E-state index in [0.29, 0.717) is 18.7 Å². The van der Waals surface area contributed by atoms with Gasteiger partial charge < -0.3 is 10.4 Å². The second kappa shape index (κ2) is 6.00. The van der Waals surface area contributed by atoms with Crippen molar-refractivity contribution in [1.29, 1.82) is 0 Å². The maximum Gasteiger partial charge on any atom is 0.305 e. The molecule has 1 saturated heterocycles. The van der Waals surface area contributed by atoms with Crippen LogP contribution in [-0.4, -0.2) is 41.0 Å². The van der Waals surface area contributed by atoms with Gasteiger partial charge in [-0.25, -0.2) is 4.39 Å². The lowest BCUT2D eigenvalue weighted by atomic mass is 10.0. The Labute approximate surface area is 116 Å². The molecule has 1 heterocycles. The molecule has 1 amide bonds. The number of carboxylic acid groups (broad SMARTS) is 1. The molecule has 1 aliphatic rings. The summed E-state index contributed by atoms with van der Waals surface area (Å²) in [7, 11) is 0. The number of halogens is 1. The van der Waals surface area contributed by atoms with Crippen LogP contribution in [0.3, 0.4) is 0 Å². The Morgan fingerprint density at radius 2 is 2.25 bits per heavy atom. The van der Waals surface area contributed by atoms with Crippen LogP contribution in [0.25, 0.3) is 0 Å². The van der Waals surface area contributed by atoms with Crippen LogP contribution in [0.1, 0.15) is 24.9 Å². The first-order valence-electron chi connectivity index (χ1n) is 6.50. The molecule has 0 spiro atoms. The first-order chi connectivity index (χ1) is 9.50. The van der Waals surface area contributed by atoms with Crippen molar-refractivity contribution in [2.45, 2.75) is 25.4 Å². The van der Waals surface area contributed by atoms with E-state index in [0.717, 1.165) is 0 Å². The van der Waals surface area contributed by atoms with Gasteiger partial charge in [-0.3, -0.25) is 14.5 Å². The summed E-state index contributed by atoms with van der Waals surface area (Å²) in [6.07, 6.45) is -0.287. The van der Waals surface area contributed by atoms with Gasteiger partial charge in [-0.1, -0.05) is 18.2 Å². The van der Waals surface area contributed by atoms with Crippen LogP contribution in [0.2, 0.25) is 0 Å². The van der Waals surface area contributed by atoms with Gasteiger partial charge in [0.05, 0.1) is 6.42 Å². The normalized spacial score (nSPS) is 21.3. The highest BCUT2D eigenvalue weighted by atomic mass is 19.1. The van der Waals surface area contributed by atoms with Gasteiger partial charge in [0.15, 0.2) is 0 Å². The molecule has 1 aromatic rings. The summed E-state index contributed by atoms with van der Waals surface area (Å²) in [6, 6.07) is 5.23. The van der Waals surface area contributed by atoms with E-state index in [1.54, 1.807) is 30.0 Å². The summed E-state index contributed by atoms with van der Waals surface area (Å²) >= 11 is 0. The predicted octanol–water partition coefficient (Wildman–Crippen LogP) is 1.16. The van der Waals surface area contributed by atoms with Crippen molar-refractivity contribution in [3.8, 4) is 0 Å². The number of benzene rings is 1. The highest BCUT2D eigenvalue weighted by Crippen LogP contribution is 2.26. The Hall–Kier alpha value is -1.95. The smallest absolute Gasteiger partial charge is 0.305 e. The first kappa shape index (κ1) is 14.5. The van der Waals surface area contributed by atoms with E-state index in [4.69, 9.17) is 5.11 Å². The van der Waals surface area contributed by atoms with Gasteiger partial charge in [0.2, 0.25) is 5.91 Å². The van der Waals surface area contributed by atoms with Crippen LogP contribution in [0.4, 0.5) is 4.39 Å². The molecule has 2 unspecified atom stereocenters. The molecule has 5 nitrogen and oxygen atoms in total. The van der Waals surface area contributed by atoms with Crippen LogP contribution in [0.15, 0.2) is 24.3 Å². The molecule has 1 fully saturated rings. The molecule has 0 aliphatic carbocycles. The molecular formula is C14H17FN2O3. The highest BCUT2D eigenvalue weighted by molar-refractivity contribution is 5.86. The van der Waals surface area contributed by atoms with Crippen molar-refractivity contribution in [3.05, 3.63) is 35.6 Å². The zero-order valence-corrected chi connectivity index (χ0v) is 11.2. The van der Waals surface area contributed by atoms with Crippen molar-refractivity contribution < 1.29 is 19.1 Å². The summed E-state index contributed by atoms with van der Waals surface area (Å²) in [5, 5.41) is 11.6. The maximum atomic E-state index is 13.8. The van der Waals surface area contributed by atoms with Crippen molar-refractivity contribution in [2.75, 3.05) is 13.1 Å². The molecule has 0 saturated carbocycles. The van der Waals surface area contributed by atoms with E-state index in [-0.39, 0.29) is 24.2 Å². The molecule has 2 N–H and O–H groups in total. The average Bonchev–Trinajstić information content (AvgIpc) is 2.40. The van der Waals surface area contributed by atoms with Crippen molar-refractivity contribution in [3.63, 3.8) is 0 Å². The summed E-state index contributed by atoms with van der Waals surface area (Å²) in [5.74, 6) is -1.71. The minimum Gasteiger partial charge on any atom is -0.481 e. The van der Waals surface area contributed by atoms with E-state index < -0.39 is 12.0 Å². The number of carbonyl (C=O) groups is 2. The Bertz CT molecular complexity index is 521. The standard InChI is InChI=1S/C14H17FN2O3/c1-9(10-4-2-3-5-11(10)15)17-7-6-16-14(20)12(17)8-13(18)19/h2-5,9,12H,6-8H2,1H3,(H,16,20)(H,18,19). The van der Waals surface area contributed by atoms with Crippen LogP contribution >= 0.6 is 0 Å². The van der Waals surface area contributed by atoms with Crippen LogP contribution in [0.5, 0.6) is 0 Å². The molecule has 1 aromatic carbocycles. The molecule has 2 rings (SSSR count). The number of carbonyl (C=O) groups excluding carboxylic acids is 1. The maximum absolute atomic E-state index is 13.8. The number of nitrogens with one attached hydrogen (secondary N) is 1. The molecule has 108 valence electrons. The average molecular weight is 280 g/mol. The molecule has 1 aliphatic heterocycles. The van der Waals surface area contributed by atoms with Gasteiger partial charge in [0.25, 0.3) is 0 Å². The number of aliphatic carboxylic acids is 1. The Morgan fingerprint density at radius 3 is 2.90 bits per heavy atom. The third-order valence-corrected chi connectivity index (χ3v) is 3.59. The van der Waals surface area contributed by atoms with Crippen molar-refractivity contribution >= 4 is 11.9 Å². The quantitative estimate of drug-likeness (QED) is 0.868. The van der Waals surface area contributed by atoms with E-state index in [9.17, 15) is 14.0 Å². The minimum absolute atomic E-state index is 0.287. The van der Waals surface area contributed by atoms with Gasteiger partial charge in [0, 0.05) is 24.7 Å². The lowest BCUT2D eigenvalue weighted by Gasteiger charge is -2.38. The topological polar surface area (TPSA) is 69.6 Å². The van der Waals surface area contributed by atoms with Gasteiger partial charge in [-0.05, 0) is 13.0 Å². The summed E-state index contributed by atoms with van der Waals surface area (Å²) in [4.78, 5) is 24.5. The lowest BCUT2D eigenvalue weighted by molar-refractivity contribution is -0.143. The van der Waals surface area contributed by atoms with E-state index >= 15 is 0 Å². The molecule has 0 aromatic heterocycles. The fraction of sp³-hybridized carbons (Fsp3) is 0.429. The molecule has 0 radical (unpaired) electrons. The highest BCUT2D eigenvalue weighted by Gasteiger charge is 2.35. The SMILES string of the molecule is CC(c1ccccc1F)N1CCNC(=O)C1CC(=O)O. The third-order valence-electron chi connectivity index (χ3n) is 3.59. The minimum atomic E-state index is -1.04. The Morgan fingerprint density at radius 1 is 1.55 bits per heavy atom. The summed E-state index contributed by atoms with van der Waals surface area (Å²) in [6.45, 7) is 2.72. The predicted molar refractivity (Wildman–Crippen MR) is 70.6 cm³/mol. The Kier molecular flexibility index (Phi) is 4.34. The number of hydrogen-bond donors (Lipinski definition) is 2. The van der Waals surface area contributed by atoms with E-state index in [1.165, 1.54) is 6.07 Å². The fourth-order valence-corrected chi connectivity index (χ4v) is 2.56. The summed E-state index contributed by atoms with van der Waals surface area (Å²) in [5.41, 5.74) is 0.470. The van der Waals surface area contributed by atoms with E-state index in [2.05, 4.69) is 5.32 Å². The second-order valence-corrected chi connectivity index (χ2v) is 4.84. The zero-order valence-electron chi connectivity index (χ0n) is 11.2. The number of amides is 1. The number of nitrogens with zero attached hydrogens (tertiary/aromatic N) is 1. The van der Waals surface area contributed by atoms with Gasteiger partial charge >= 0.3 is 5.97 Å². The van der Waals surface area contributed by atoms with Crippen LogP contribution in [-0.2, 0) is 9.59 Å². The second-order valence-electron chi connectivity index (χ2n) is 4.84. The zero-order chi connectivity index (χ0) is 14.7. The fourth-order valence-electron chi connectivity index (χ4n) is 2.56. The number of piperazine rings is 1. The molecule has 2 atom stereocenters. The molecular weight excluding hydrogens is 263 g/mol. The lowest BCUT2D eigenvalue weighted by Crippen LogP contribution is -2.56. The van der Waals surface area contributed by atoms with Crippen LogP contribution in [0, 0.1) is 5.82 Å². The molecule has 0 bridgehead atoms. The van der Waals surface area contributed by atoms with Gasteiger partial charge in [-0.2, -0.15) is 0 Å². The van der Waals surface area contributed by atoms with Crippen LogP contribution < -0.4 is 5.32 Å². The molecule has 20 heavy (non-hydrogen) atoms. The number of hydrogen-bond acceptors (Lipinski definition) is 3. The first-order valence-corrected chi connectivity index (χ1v) is 6.50. The third kappa shape index (κ3) is 2.96. The largest absolute Gasteiger partial charge is 0.481 e. The Balaban J connectivity index is 2.25.